The van der Waals surface area contributed by atoms with E-state index in [1.165, 1.54) is 0 Å². The van der Waals surface area contributed by atoms with Crippen molar-refractivity contribution in [3.63, 3.8) is 0 Å². The van der Waals surface area contributed by atoms with Crippen LogP contribution in [0, 0.1) is 0 Å². The quantitative estimate of drug-likeness (QED) is 0.898. The second kappa shape index (κ2) is 6.52. The van der Waals surface area contributed by atoms with E-state index in [2.05, 4.69) is 5.32 Å². The average molecular weight is 276 g/mol. The number of carbonyl (C=O) groups is 2. The topological polar surface area (TPSA) is 58.6 Å². The molecule has 0 aliphatic carbocycles. The minimum Gasteiger partial charge on any atom is -0.375 e. The van der Waals surface area contributed by atoms with E-state index in [0.717, 1.165) is 0 Å². The largest absolute Gasteiger partial charge is 0.375 e. The molecule has 1 aliphatic heterocycles. The maximum Gasteiger partial charge on any atom is 0.251 e. The Kier molecular flexibility index (Phi) is 4.74. The molecule has 1 aliphatic rings. The predicted octanol–water partition coefficient (Wildman–Crippen LogP) is 1.05. The van der Waals surface area contributed by atoms with Crippen LogP contribution < -0.4 is 5.32 Å². The maximum absolute atomic E-state index is 12.1. The van der Waals surface area contributed by atoms with Gasteiger partial charge in [-0.1, -0.05) is 18.2 Å². The molecule has 1 N–H and O–H groups in total. The third kappa shape index (κ3) is 3.36. The SMILES string of the molecule is CC1OCCN(C(=O)CNC(=O)c2ccccc2)C1C. The highest BCUT2D eigenvalue weighted by Gasteiger charge is 2.28. The Morgan fingerprint density at radius 1 is 1.30 bits per heavy atom. The number of amides is 2. The Morgan fingerprint density at radius 2 is 2.00 bits per heavy atom. The smallest absolute Gasteiger partial charge is 0.251 e. The summed E-state index contributed by atoms with van der Waals surface area (Å²) in [5, 5.41) is 2.66. The minimum absolute atomic E-state index is 0.0186. The van der Waals surface area contributed by atoms with E-state index in [9.17, 15) is 9.59 Å². The van der Waals surface area contributed by atoms with E-state index < -0.39 is 0 Å². The molecule has 5 heteroatoms. The Balaban J connectivity index is 1.87. The molecular weight excluding hydrogens is 256 g/mol. The van der Waals surface area contributed by atoms with Crippen molar-refractivity contribution < 1.29 is 14.3 Å². The summed E-state index contributed by atoms with van der Waals surface area (Å²) in [6, 6.07) is 8.91. The number of hydrogen-bond donors (Lipinski definition) is 1. The molecule has 0 saturated carbocycles. The van der Waals surface area contributed by atoms with E-state index in [4.69, 9.17) is 4.74 Å². The zero-order chi connectivity index (χ0) is 14.5. The molecule has 1 saturated heterocycles. The third-order valence-corrected chi connectivity index (χ3v) is 3.64. The van der Waals surface area contributed by atoms with Gasteiger partial charge >= 0.3 is 0 Å². The van der Waals surface area contributed by atoms with Gasteiger partial charge in [-0.05, 0) is 26.0 Å². The zero-order valence-corrected chi connectivity index (χ0v) is 11.8. The molecule has 2 rings (SSSR count). The first-order chi connectivity index (χ1) is 9.59. The number of ether oxygens (including phenoxy) is 1. The summed E-state index contributed by atoms with van der Waals surface area (Å²) >= 11 is 0. The lowest BCUT2D eigenvalue weighted by Gasteiger charge is -2.37. The molecule has 1 fully saturated rings. The van der Waals surface area contributed by atoms with Crippen LogP contribution in [0.5, 0.6) is 0 Å². The van der Waals surface area contributed by atoms with Gasteiger partial charge in [-0.25, -0.2) is 0 Å². The summed E-state index contributed by atoms with van der Waals surface area (Å²) in [6.45, 7) is 5.05. The lowest BCUT2D eigenvalue weighted by molar-refractivity contribution is -0.142. The van der Waals surface area contributed by atoms with Gasteiger partial charge in [0.1, 0.15) is 0 Å². The van der Waals surface area contributed by atoms with Gasteiger partial charge in [0, 0.05) is 12.1 Å². The number of morpholine rings is 1. The summed E-state index contributed by atoms with van der Waals surface area (Å²) in [5.74, 6) is -0.301. The highest BCUT2D eigenvalue weighted by Crippen LogP contribution is 2.13. The third-order valence-electron chi connectivity index (χ3n) is 3.64. The highest BCUT2D eigenvalue weighted by atomic mass is 16.5. The number of rotatable bonds is 3. The second-order valence-electron chi connectivity index (χ2n) is 4.95. The lowest BCUT2D eigenvalue weighted by Crippen LogP contribution is -2.53. The summed E-state index contributed by atoms with van der Waals surface area (Å²) < 4.78 is 5.48. The van der Waals surface area contributed by atoms with Crippen LogP contribution in [0.3, 0.4) is 0 Å². The molecule has 0 aromatic heterocycles. The maximum atomic E-state index is 12.1. The van der Waals surface area contributed by atoms with Crippen molar-refractivity contribution in [2.45, 2.75) is 26.0 Å². The zero-order valence-electron chi connectivity index (χ0n) is 11.8. The van der Waals surface area contributed by atoms with E-state index in [1.54, 1.807) is 29.2 Å². The molecule has 0 spiro atoms. The number of carbonyl (C=O) groups excluding carboxylic acids is 2. The van der Waals surface area contributed by atoms with Gasteiger partial charge in [0.15, 0.2) is 0 Å². The fourth-order valence-corrected chi connectivity index (χ4v) is 2.23. The predicted molar refractivity (Wildman–Crippen MR) is 75.4 cm³/mol. The molecule has 2 amide bonds. The molecule has 20 heavy (non-hydrogen) atoms. The molecule has 1 heterocycles. The van der Waals surface area contributed by atoms with Crippen LogP contribution in [0.4, 0.5) is 0 Å². The van der Waals surface area contributed by atoms with E-state index in [-0.39, 0.29) is 30.5 Å². The second-order valence-corrected chi connectivity index (χ2v) is 4.95. The molecule has 5 nitrogen and oxygen atoms in total. The number of hydrogen-bond acceptors (Lipinski definition) is 3. The van der Waals surface area contributed by atoms with Crippen LogP contribution in [0.1, 0.15) is 24.2 Å². The Bertz CT molecular complexity index is 475. The standard InChI is InChI=1S/C15H20N2O3/c1-11-12(2)20-9-8-17(11)14(18)10-16-15(19)13-6-4-3-5-7-13/h3-7,11-12H,8-10H2,1-2H3,(H,16,19). The highest BCUT2D eigenvalue weighted by molar-refractivity contribution is 5.96. The Morgan fingerprint density at radius 3 is 2.70 bits per heavy atom. The molecule has 2 unspecified atom stereocenters. The fourth-order valence-electron chi connectivity index (χ4n) is 2.23. The summed E-state index contributed by atoms with van der Waals surface area (Å²) in [7, 11) is 0. The van der Waals surface area contributed by atoms with Crippen LogP contribution in [0.2, 0.25) is 0 Å². The van der Waals surface area contributed by atoms with Crippen LogP contribution >= 0.6 is 0 Å². The molecule has 1 aromatic rings. The van der Waals surface area contributed by atoms with Gasteiger partial charge in [0.25, 0.3) is 5.91 Å². The van der Waals surface area contributed by atoms with Gasteiger partial charge < -0.3 is 15.0 Å². The number of nitrogens with one attached hydrogen (secondary N) is 1. The van der Waals surface area contributed by atoms with Crippen LogP contribution in [0.15, 0.2) is 30.3 Å². The first kappa shape index (κ1) is 14.5. The van der Waals surface area contributed by atoms with Crippen molar-refractivity contribution >= 4 is 11.8 Å². The first-order valence-corrected chi connectivity index (χ1v) is 6.84. The van der Waals surface area contributed by atoms with Gasteiger partial charge in [-0.2, -0.15) is 0 Å². The van der Waals surface area contributed by atoms with Crippen molar-refractivity contribution in [1.82, 2.24) is 10.2 Å². The molecule has 1 aromatic carbocycles. The van der Waals surface area contributed by atoms with Crippen molar-refractivity contribution in [3.05, 3.63) is 35.9 Å². The average Bonchev–Trinajstić information content (AvgIpc) is 2.48. The lowest BCUT2D eigenvalue weighted by atomic mass is 10.1. The van der Waals surface area contributed by atoms with E-state index in [1.807, 2.05) is 19.9 Å². The van der Waals surface area contributed by atoms with Crippen molar-refractivity contribution in [1.29, 1.82) is 0 Å². The molecule has 2 atom stereocenters. The minimum atomic E-state index is -0.229. The summed E-state index contributed by atoms with van der Waals surface area (Å²) in [4.78, 5) is 25.8. The monoisotopic (exact) mass is 276 g/mol. The van der Waals surface area contributed by atoms with Crippen molar-refractivity contribution in [3.8, 4) is 0 Å². The van der Waals surface area contributed by atoms with E-state index in [0.29, 0.717) is 18.7 Å². The van der Waals surface area contributed by atoms with Gasteiger partial charge in [-0.15, -0.1) is 0 Å². The van der Waals surface area contributed by atoms with Crippen molar-refractivity contribution in [2.75, 3.05) is 19.7 Å². The summed E-state index contributed by atoms with van der Waals surface area (Å²) in [5.41, 5.74) is 0.559. The summed E-state index contributed by atoms with van der Waals surface area (Å²) in [6.07, 6.45) is 0.0255. The van der Waals surface area contributed by atoms with Gasteiger partial charge in [0.05, 0.1) is 25.3 Å². The fraction of sp³-hybridized carbons (Fsp3) is 0.467. The van der Waals surface area contributed by atoms with Gasteiger partial charge in [0.2, 0.25) is 5.91 Å². The molecule has 108 valence electrons. The molecule has 0 radical (unpaired) electrons. The van der Waals surface area contributed by atoms with Crippen LogP contribution in [-0.2, 0) is 9.53 Å². The first-order valence-electron chi connectivity index (χ1n) is 6.84. The number of nitrogens with zero attached hydrogens (tertiary/aromatic N) is 1. The molecule has 0 bridgehead atoms. The van der Waals surface area contributed by atoms with E-state index >= 15 is 0 Å². The van der Waals surface area contributed by atoms with Crippen LogP contribution in [0.25, 0.3) is 0 Å². The Labute approximate surface area is 118 Å². The van der Waals surface area contributed by atoms with Crippen LogP contribution in [-0.4, -0.2) is 48.6 Å². The Hall–Kier alpha value is -1.88. The number of benzene rings is 1. The normalized spacial score (nSPS) is 22.4. The van der Waals surface area contributed by atoms with Gasteiger partial charge in [-0.3, -0.25) is 9.59 Å². The van der Waals surface area contributed by atoms with Crippen molar-refractivity contribution in [2.24, 2.45) is 0 Å². The molecular formula is C15H20N2O3.